The minimum atomic E-state index is -0.269. The molecule has 1 atom stereocenters. The fourth-order valence-electron chi connectivity index (χ4n) is 2.02. The van der Waals surface area contributed by atoms with E-state index in [1.807, 2.05) is 13.8 Å². The Kier molecular flexibility index (Phi) is 4.12. The average molecular weight is 277 g/mol. The third-order valence-electron chi connectivity index (χ3n) is 3.27. The van der Waals surface area contributed by atoms with E-state index in [0.29, 0.717) is 17.1 Å². The van der Waals surface area contributed by atoms with Crippen LogP contribution < -0.4 is 20.7 Å². The summed E-state index contributed by atoms with van der Waals surface area (Å²) in [7, 11) is 0. The Morgan fingerprint density at radius 3 is 3.00 bits per heavy atom. The Balaban J connectivity index is 2.20. The maximum absolute atomic E-state index is 12.0. The lowest BCUT2D eigenvalue weighted by molar-refractivity contribution is -0.125. The van der Waals surface area contributed by atoms with Gasteiger partial charge in [-0.05, 0) is 25.5 Å². The van der Waals surface area contributed by atoms with Crippen LogP contribution >= 0.6 is 0 Å². The van der Waals surface area contributed by atoms with Crippen molar-refractivity contribution in [1.82, 2.24) is 5.32 Å². The van der Waals surface area contributed by atoms with Crippen molar-refractivity contribution >= 4 is 23.2 Å². The van der Waals surface area contributed by atoms with Crippen molar-refractivity contribution in [2.24, 2.45) is 0 Å². The van der Waals surface area contributed by atoms with E-state index in [4.69, 9.17) is 10.5 Å². The first-order valence-electron chi connectivity index (χ1n) is 6.64. The number of amides is 2. The zero-order valence-electron chi connectivity index (χ0n) is 11.7. The molecule has 108 valence electrons. The van der Waals surface area contributed by atoms with Gasteiger partial charge in [0.1, 0.15) is 18.0 Å². The second-order valence-corrected chi connectivity index (χ2v) is 4.84. The molecule has 20 heavy (non-hydrogen) atoms. The van der Waals surface area contributed by atoms with Gasteiger partial charge in [0.25, 0.3) is 5.91 Å². The van der Waals surface area contributed by atoms with Gasteiger partial charge in [0.15, 0.2) is 6.61 Å². The Hall–Kier alpha value is -2.24. The molecule has 1 aromatic rings. The predicted molar refractivity (Wildman–Crippen MR) is 76.6 cm³/mol. The minimum absolute atomic E-state index is 0.0479. The molecule has 2 amide bonds. The highest BCUT2D eigenvalue weighted by molar-refractivity contribution is 6.04. The summed E-state index contributed by atoms with van der Waals surface area (Å²) in [4.78, 5) is 25.3. The van der Waals surface area contributed by atoms with Crippen LogP contribution in [-0.2, 0) is 9.59 Å². The van der Waals surface area contributed by atoms with E-state index in [2.05, 4.69) is 5.32 Å². The van der Waals surface area contributed by atoms with Crippen LogP contribution in [-0.4, -0.2) is 31.0 Å². The number of nitrogen functional groups attached to an aromatic ring is 1. The highest BCUT2D eigenvalue weighted by atomic mass is 16.5. The minimum Gasteiger partial charge on any atom is -0.481 e. The molecule has 1 aliphatic heterocycles. The van der Waals surface area contributed by atoms with E-state index in [1.165, 1.54) is 4.90 Å². The fourth-order valence-corrected chi connectivity index (χ4v) is 2.02. The van der Waals surface area contributed by atoms with Gasteiger partial charge in [-0.2, -0.15) is 0 Å². The summed E-state index contributed by atoms with van der Waals surface area (Å²) in [6.45, 7) is 3.78. The van der Waals surface area contributed by atoms with Crippen LogP contribution in [0.15, 0.2) is 18.2 Å². The Bertz CT molecular complexity index is 530. The summed E-state index contributed by atoms with van der Waals surface area (Å²) in [5.74, 6) is 0.0550. The van der Waals surface area contributed by atoms with Crippen molar-refractivity contribution in [2.45, 2.75) is 26.3 Å². The molecule has 0 spiro atoms. The smallest absolute Gasteiger partial charge is 0.265 e. The SMILES string of the molecule is CCC(C)NC(=O)CN1C(=O)COc2cccc(N)c21. The van der Waals surface area contributed by atoms with Gasteiger partial charge >= 0.3 is 0 Å². The molecule has 6 heteroatoms. The highest BCUT2D eigenvalue weighted by Gasteiger charge is 2.29. The van der Waals surface area contributed by atoms with E-state index >= 15 is 0 Å². The Morgan fingerprint density at radius 2 is 2.30 bits per heavy atom. The average Bonchev–Trinajstić information content (AvgIpc) is 2.42. The number of hydrogen-bond acceptors (Lipinski definition) is 4. The lowest BCUT2D eigenvalue weighted by atomic mass is 10.2. The largest absolute Gasteiger partial charge is 0.481 e. The fraction of sp³-hybridized carbons (Fsp3) is 0.429. The molecular formula is C14H19N3O3. The topological polar surface area (TPSA) is 84.7 Å². The molecule has 3 N–H and O–H groups in total. The molecular weight excluding hydrogens is 258 g/mol. The van der Waals surface area contributed by atoms with Crippen molar-refractivity contribution < 1.29 is 14.3 Å². The molecule has 1 heterocycles. The van der Waals surface area contributed by atoms with Gasteiger partial charge in [-0.1, -0.05) is 13.0 Å². The van der Waals surface area contributed by atoms with Crippen LogP contribution in [0.2, 0.25) is 0 Å². The first-order chi connectivity index (χ1) is 9.52. The summed E-state index contributed by atoms with van der Waals surface area (Å²) < 4.78 is 5.33. The van der Waals surface area contributed by atoms with E-state index in [-0.39, 0.29) is 31.0 Å². The summed E-state index contributed by atoms with van der Waals surface area (Å²) in [6, 6.07) is 5.24. The number of carbonyl (C=O) groups excluding carboxylic acids is 2. The molecule has 0 bridgehead atoms. The molecule has 0 saturated carbocycles. The second-order valence-electron chi connectivity index (χ2n) is 4.84. The highest BCUT2D eigenvalue weighted by Crippen LogP contribution is 2.36. The number of anilines is 2. The molecule has 0 saturated heterocycles. The van der Waals surface area contributed by atoms with E-state index in [1.54, 1.807) is 18.2 Å². The Morgan fingerprint density at radius 1 is 1.55 bits per heavy atom. The van der Waals surface area contributed by atoms with Gasteiger partial charge in [-0.25, -0.2) is 0 Å². The zero-order chi connectivity index (χ0) is 14.7. The number of rotatable bonds is 4. The van der Waals surface area contributed by atoms with E-state index < -0.39 is 0 Å². The number of fused-ring (bicyclic) bond motifs is 1. The molecule has 1 aromatic carbocycles. The first-order valence-corrected chi connectivity index (χ1v) is 6.64. The standard InChI is InChI=1S/C14H19N3O3/c1-3-9(2)16-12(18)7-17-13(19)8-20-11-6-4-5-10(15)14(11)17/h4-6,9H,3,7-8,15H2,1-2H3,(H,16,18). The summed E-state index contributed by atoms with van der Waals surface area (Å²) in [5.41, 5.74) is 6.79. The van der Waals surface area contributed by atoms with Gasteiger partial charge < -0.3 is 15.8 Å². The lowest BCUT2D eigenvalue weighted by Gasteiger charge is -2.30. The van der Waals surface area contributed by atoms with Crippen molar-refractivity contribution in [1.29, 1.82) is 0 Å². The molecule has 0 aromatic heterocycles. The quantitative estimate of drug-likeness (QED) is 0.801. The summed E-state index contributed by atoms with van der Waals surface area (Å²) in [6.07, 6.45) is 0.835. The van der Waals surface area contributed by atoms with Gasteiger partial charge in [0.2, 0.25) is 5.91 Å². The van der Waals surface area contributed by atoms with Crippen LogP contribution in [0, 0.1) is 0 Å². The lowest BCUT2D eigenvalue weighted by Crippen LogP contribution is -2.47. The molecule has 0 aliphatic carbocycles. The van der Waals surface area contributed by atoms with Crippen molar-refractivity contribution in [3.63, 3.8) is 0 Å². The number of benzene rings is 1. The maximum Gasteiger partial charge on any atom is 0.265 e. The molecule has 0 radical (unpaired) electrons. The first kappa shape index (κ1) is 14.2. The number of hydrogen-bond donors (Lipinski definition) is 2. The number of nitrogens with two attached hydrogens (primary N) is 1. The van der Waals surface area contributed by atoms with Crippen molar-refractivity contribution in [3.8, 4) is 5.75 Å². The molecule has 1 aliphatic rings. The van der Waals surface area contributed by atoms with Gasteiger partial charge in [0.05, 0.1) is 5.69 Å². The normalized spacial score (nSPS) is 15.3. The van der Waals surface area contributed by atoms with Gasteiger partial charge in [0, 0.05) is 6.04 Å². The van der Waals surface area contributed by atoms with Gasteiger partial charge in [-0.15, -0.1) is 0 Å². The van der Waals surface area contributed by atoms with Gasteiger partial charge in [-0.3, -0.25) is 14.5 Å². The molecule has 2 rings (SSSR count). The molecule has 6 nitrogen and oxygen atoms in total. The zero-order valence-corrected chi connectivity index (χ0v) is 11.7. The van der Waals surface area contributed by atoms with Crippen LogP contribution in [0.4, 0.5) is 11.4 Å². The van der Waals surface area contributed by atoms with Crippen LogP contribution in [0.25, 0.3) is 0 Å². The van der Waals surface area contributed by atoms with Crippen LogP contribution in [0.5, 0.6) is 5.75 Å². The molecule has 1 unspecified atom stereocenters. The summed E-state index contributed by atoms with van der Waals surface area (Å²) in [5, 5.41) is 2.83. The van der Waals surface area contributed by atoms with E-state index in [0.717, 1.165) is 6.42 Å². The van der Waals surface area contributed by atoms with Crippen LogP contribution in [0.3, 0.4) is 0 Å². The third kappa shape index (κ3) is 2.84. The molecule has 0 fully saturated rings. The predicted octanol–water partition coefficient (Wildman–Crippen LogP) is 0.909. The van der Waals surface area contributed by atoms with Crippen molar-refractivity contribution in [2.75, 3.05) is 23.8 Å². The summed E-state index contributed by atoms with van der Waals surface area (Å²) >= 11 is 0. The second kappa shape index (κ2) is 5.81. The van der Waals surface area contributed by atoms with Crippen LogP contribution in [0.1, 0.15) is 20.3 Å². The number of para-hydroxylation sites is 1. The number of carbonyl (C=O) groups is 2. The number of nitrogens with one attached hydrogen (secondary N) is 1. The number of ether oxygens (including phenoxy) is 1. The third-order valence-corrected chi connectivity index (χ3v) is 3.27. The maximum atomic E-state index is 12.0. The number of nitrogens with zero attached hydrogens (tertiary/aromatic N) is 1. The monoisotopic (exact) mass is 277 g/mol. The van der Waals surface area contributed by atoms with E-state index in [9.17, 15) is 9.59 Å². The van der Waals surface area contributed by atoms with Crippen molar-refractivity contribution in [3.05, 3.63) is 18.2 Å². The Labute approximate surface area is 117 Å².